The molecule has 0 bridgehead atoms. The van der Waals surface area contributed by atoms with Crippen molar-refractivity contribution in [2.24, 2.45) is 14.1 Å². The minimum absolute atomic E-state index is 0.321. The summed E-state index contributed by atoms with van der Waals surface area (Å²) in [6.07, 6.45) is 1.25. The monoisotopic (exact) mass is 434 g/mol. The number of rotatable bonds is 9. The van der Waals surface area contributed by atoms with E-state index in [1.54, 1.807) is 17.9 Å². The number of aromatic nitrogens is 4. The van der Waals surface area contributed by atoms with Crippen LogP contribution < -0.4 is 11.2 Å². The van der Waals surface area contributed by atoms with Crippen molar-refractivity contribution >= 4 is 11.2 Å². The highest BCUT2D eigenvalue weighted by molar-refractivity contribution is 5.69. The van der Waals surface area contributed by atoms with Gasteiger partial charge in [-0.3, -0.25) is 13.9 Å². The Labute approximate surface area is 185 Å². The van der Waals surface area contributed by atoms with E-state index in [9.17, 15) is 9.59 Å². The zero-order valence-corrected chi connectivity index (χ0v) is 18.2. The fourth-order valence-corrected chi connectivity index (χ4v) is 3.58. The van der Waals surface area contributed by atoms with E-state index in [0.29, 0.717) is 37.5 Å². The molecule has 0 N–H and O–H groups in total. The summed E-state index contributed by atoms with van der Waals surface area (Å²) in [5.74, 6) is 0. The largest absolute Gasteiger partial charge is 0.374 e. The van der Waals surface area contributed by atoms with Crippen LogP contribution in [0.5, 0.6) is 0 Å². The molecule has 4 aromatic rings. The Hall–Kier alpha value is -3.49. The van der Waals surface area contributed by atoms with Crippen molar-refractivity contribution in [3.8, 4) is 0 Å². The van der Waals surface area contributed by atoms with Gasteiger partial charge in [-0.2, -0.15) is 0 Å². The summed E-state index contributed by atoms with van der Waals surface area (Å²) in [7, 11) is 3.07. The number of nitrogens with zero attached hydrogens (tertiary/aromatic N) is 4. The minimum atomic E-state index is -0.407. The second-order valence-corrected chi connectivity index (χ2v) is 7.69. The first kappa shape index (κ1) is 21.7. The Bertz CT molecular complexity index is 1290. The zero-order chi connectivity index (χ0) is 22.5. The van der Waals surface area contributed by atoms with Crippen LogP contribution in [-0.4, -0.2) is 31.4 Å². The van der Waals surface area contributed by atoms with E-state index in [0.717, 1.165) is 15.7 Å². The van der Waals surface area contributed by atoms with E-state index >= 15 is 0 Å². The van der Waals surface area contributed by atoms with Gasteiger partial charge in [0.25, 0.3) is 5.56 Å². The van der Waals surface area contributed by atoms with Crippen LogP contribution in [-0.2, 0) is 43.3 Å². The fraction of sp³-hybridized carbons (Fsp3) is 0.292. The number of ether oxygens (including phenoxy) is 2. The van der Waals surface area contributed by atoms with Crippen LogP contribution in [0.2, 0.25) is 0 Å². The van der Waals surface area contributed by atoms with E-state index in [2.05, 4.69) is 4.98 Å². The molecule has 2 heterocycles. The van der Waals surface area contributed by atoms with E-state index in [4.69, 9.17) is 9.47 Å². The van der Waals surface area contributed by atoms with Crippen LogP contribution in [0.1, 0.15) is 11.1 Å². The maximum absolute atomic E-state index is 12.8. The van der Waals surface area contributed by atoms with Gasteiger partial charge >= 0.3 is 5.69 Å². The maximum atomic E-state index is 12.8. The summed E-state index contributed by atoms with van der Waals surface area (Å²) >= 11 is 0. The van der Waals surface area contributed by atoms with Crippen molar-refractivity contribution in [3.63, 3.8) is 0 Å². The zero-order valence-electron chi connectivity index (χ0n) is 18.2. The highest BCUT2D eigenvalue weighted by atomic mass is 16.5. The Kier molecular flexibility index (Phi) is 6.63. The normalized spacial score (nSPS) is 12.3. The van der Waals surface area contributed by atoms with Gasteiger partial charge in [0.15, 0.2) is 11.2 Å². The highest BCUT2D eigenvalue weighted by Crippen LogP contribution is 2.11. The number of benzene rings is 2. The number of hydrogen-bond donors (Lipinski definition) is 0. The smallest absolute Gasteiger partial charge is 0.332 e. The molecule has 0 saturated carbocycles. The Morgan fingerprint density at radius 1 is 0.875 bits per heavy atom. The molecule has 2 aromatic heterocycles. The lowest BCUT2D eigenvalue weighted by Crippen LogP contribution is -2.38. The van der Waals surface area contributed by atoms with Crippen LogP contribution >= 0.6 is 0 Å². The first-order chi connectivity index (χ1) is 15.5. The quantitative estimate of drug-likeness (QED) is 0.404. The molecule has 0 radical (unpaired) electrons. The SMILES string of the molecule is Cn1c(=O)c2c(ncn2C[C@@H](COCc2ccccc2)OCc2ccccc2)n(C)c1=O. The first-order valence-corrected chi connectivity index (χ1v) is 10.4. The van der Waals surface area contributed by atoms with Gasteiger partial charge in [-0.25, -0.2) is 9.78 Å². The first-order valence-electron chi connectivity index (χ1n) is 10.4. The summed E-state index contributed by atoms with van der Waals surface area (Å²) in [6, 6.07) is 19.8. The van der Waals surface area contributed by atoms with Gasteiger partial charge < -0.3 is 14.0 Å². The molecule has 2 aromatic carbocycles. The summed E-state index contributed by atoms with van der Waals surface area (Å²) in [6.45, 7) is 1.59. The summed E-state index contributed by atoms with van der Waals surface area (Å²) in [5.41, 5.74) is 2.06. The molecular weight excluding hydrogens is 408 g/mol. The Morgan fingerprint density at radius 3 is 2.16 bits per heavy atom. The van der Waals surface area contributed by atoms with Crippen LogP contribution in [0.4, 0.5) is 0 Å². The molecular formula is C24H26N4O4. The van der Waals surface area contributed by atoms with Gasteiger partial charge in [0.05, 0.1) is 38.8 Å². The standard InChI is InChI=1S/C24H26N4O4/c1-26-22-21(23(29)27(2)24(26)30)28(17-25-22)13-20(32-15-19-11-7-4-8-12-19)16-31-14-18-9-5-3-6-10-18/h3-12,17,20H,13-16H2,1-2H3/t20-/m0/s1. The van der Waals surface area contributed by atoms with Crippen molar-refractivity contribution < 1.29 is 9.47 Å². The van der Waals surface area contributed by atoms with Crippen molar-refractivity contribution in [2.45, 2.75) is 25.9 Å². The number of aryl methyl sites for hydroxylation is 1. The van der Waals surface area contributed by atoms with Crippen molar-refractivity contribution in [2.75, 3.05) is 6.61 Å². The summed E-state index contributed by atoms with van der Waals surface area (Å²) in [4.78, 5) is 29.3. The van der Waals surface area contributed by atoms with E-state index in [1.807, 2.05) is 60.7 Å². The van der Waals surface area contributed by atoms with Crippen LogP contribution in [0, 0.1) is 0 Å². The predicted molar refractivity (Wildman–Crippen MR) is 121 cm³/mol. The van der Waals surface area contributed by atoms with Gasteiger partial charge in [0, 0.05) is 14.1 Å². The van der Waals surface area contributed by atoms with Gasteiger partial charge in [-0.15, -0.1) is 0 Å². The average Bonchev–Trinajstić information content (AvgIpc) is 3.25. The molecule has 0 fully saturated rings. The molecule has 0 unspecified atom stereocenters. The molecule has 166 valence electrons. The minimum Gasteiger partial charge on any atom is -0.374 e. The topological polar surface area (TPSA) is 80.3 Å². The van der Waals surface area contributed by atoms with Gasteiger partial charge in [-0.05, 0) is 11.1 Å². The highest BCUT2D eigenvalue weighted by Gasteiger charge is 2.18. The van der Waals surface area contributed by atoms with E-state index in [1.165, 1.54) is 11.6 Å². The molecule has 0 spiro atoms. The van der Waals surface area contributed by atoms with Crippen molar-refractivity contribution in [3.05, 3.63) is 99.0 Å². The number of imidazole rings is 1. The third-order valence-electron chi connectivity index (χ3n) is 5.36. The molecule has 1 atom stereocenters. The molecule has 32 heavy (non-hydrogen) atoms. The predicted octanol–water partition coefficient (Wildman–Crippen LogP) is 2.24. The third-order valence-corrected chi connectivity index (χ3v) is 5.36. The molecule has 0 saturated heterocycles. The molecule has 0 aliphatic rings. The lowest BCUT2D eigenvalue weighted by atomic mass is 10.2. The second-order valence-electron chi connectivity index (χ2n) is 7.69. The molecule has 0 aliphatic heterocycles. The molecule has 8 nitrogen and oxygen atoms in total. The maximum Gasteiger partial charge on any atom is 0.332 e. The van der Waals surface area contributed by atoms with Gasteiger partial charge in [-0.1, -0.05) is 60.7 Å². The van der Waals surface area contributed by atoms with Gasteiger partial charge in [0.2, 0.25) is 0 Å². The fourth-order valence-electron chi connectivity index (χ4n) is 3.58. The van der Waals surface area contributed by atoms with E-state index in [-0.39, 0.29) is 11.7 Å². The number of fused-ring (bicyclic) bond motifs is 1. The van der Waals surface area contributed by atoms with E-state index < -0.39 is 5.69 Å². The molecule has 4 rings (SSSR count). The van der Waals surface area contributed by atoms with Crippen molar-refractivity contribution in [1.29, 1.82) is 0 Å². The summed E-state index contributed by atoms with van der Waals surface area (Å²) < 4.78 is 16.3. The lowest BCUT2D eigenvalue weighted by Gasteiger charge is -2.19. The number of hydrogen-bond acceptors (Lipinski definition) is 5. The average molecular weight is 434 g/mol. The van der Waals surface area contributed by atoms with Gasteiger partial charge in [0.1, 0.15) is 0 Å². The van der Waals surface area contributed by atoms with Crippen LogP contribution in [0.15, 0.2) is 76.6 Å². The third kappa shape index (κ3) is 4.71. The Balaban J connectivity index is 1.55. The van der Waals surface area contributed by atoms with Crippen LogP contribution in [0.3, 0.4) is 0 Å². The molecule has 0 amide bonds. The molecule has 0 aliphatic carbocycles. The Morgan fingerprint density at radius 2 is 1.50 bits per heavy atom. The summed E-state index contributed by atoms with van der Waals surface area (Å²) in [5, 5.41) is 0. The van der Waals surface area contributed by atoms with Crippen LogP contribution in [0.25, 0.3) is 11.2 Å². The molecule has 8 heteroatoms. The van der Waals surface area contributed by atoms with Crippen molar-refractivity contribution in [1.82, 2.24) is 18.7 Å². The lowest BCUT2D eigenvalue weighted by molar-refractivity contribution is -0.0368. The second kappa shape index (κ2) is 9.76.